The van der Waals surface area contributed by atoms with Crippen molar-refractivity contribution in [2.75, 3.05) is 24.2 Å². The lowest BCUT2D eigenvalue weighted by Gasteiger charge is -2.31. The Morgan fingerprint density at radius 1 is 1.19 bits per heavy atom. The van der Waals surface area contributed by atoms with Crippen molar-refractivity contribution in [2.45, 2.75) is 6.42 Å². The molecule has 1 aliphatic heterocycles. The second-order valence-corrected chi connectivity index (χ2v) is 3.77. The predicted molar refractivity (Wildman–Crippen MR) is 61.0 cm³/mol. The first-order valence-corrected chi connectivity index (χ1v) is 5.03. The molecule has 0 bridgehead atoms. The number of nitrogens with zero attached hydrogens (tertiary/aromatic N) is 2. The van der Waals surface area contributed by atoms with E-state index in [1.807, 2.05) is 0 Å². The average molecular weight is 219 g/mol. The van der Waals surface area contributed by atoms with Crippen LogP contribution in [0.4, 0.5) is 16.2 Å². The number of hydrogen-bond donors (Lipinski definition) is 1. The summed E-state index contributed by atoms with van der Waals surface area (Å²) in [5.74, 6) is -0.173. The van der Waals surface area contributed by atoms with Gasteiger partial charge in [-0.05, 0) is 24.3 Å². The van der Waals surface area contributed by atoms with E-state index in [4.69, 9.17) is 5.73 Å². The van der Waals surface area contributed by atoms with Gasteiger partial charge in [-0.3, -0.25) is 4.79 Å². The molecule has 0 aliphatic carbocycles. The summed E-state index contributed by atoms with van der Waals surface area (Å²) in [4.78, 5) is 26.2. The van der Waals surface area contributed by atoms with E-state index in [-0.39, 0.29) is 11.9 Å². The van der Waals surface area contributed by atoms with E-state index in [0.29, 0.717) is 24.3 Å². The Morgan fingerprint density at radius 3 is 2.44 bits per heavy atom. The molecular weight excluding hydrogens is 206 g/mol. The highest BCUT2D eigenvalue weighted by atomic mass is 16.2. The molecule has 1 heterocycles. The molecule has 1 saturated heterocycles. The number of benzene rings is 1. The summed E-state index contributed by atoms with van der Waals surface area (Å²) >= 11 is 0. The molecule has 0 spiro atoms. The molecule has 0 aromatic heterocycles. The fourth-order valence-electron chi connectivity index (χ4n) is 1.63. The fraction of sp³-hybridized carbons (Fsp3) is 0.273. The monoisotopic (exact) mass is 219 g/mol. The quantitative estimate of drug-likeness (QED) is 0.718. The predicted octanol–water partition coefficient (Wildman–Crippen LogP) is 1.06. The maximum Gasteiger partial charge on any atom is 0.331 e. The number of urea groups is 1. The standard InChI is InChI=1S/C11H13N3O2/c1-13-7-6-10(15)14(11(13)16)9-4-2-8(12)3-5-9/h2-5H,6-7,12H2,1H3. The van der Waals surface area contributed by atoms with Crippen molar-refractivity contribution in [3.05, 3.63) is 24.3 Å². The van der Waals surface area contributed by atoms with E-state index < -0.39 is 0 Å². The van der Waals surface area contributed by atoms with Gasteiger partial charge in [0.25, 0.3) is 0 Å². The summed E-state index contributed by atoms with van der Waals surface area (Å²) < 4.78 is 0. The second kappa shape index (κ2) is 3.84. The Labute approximate surface area is 93.4 Å². The van der Waals surface area contributed by atoms with Crippen molar-refractivity contribution < 1.29 is 9.59 Å². The molecule has 0 unspecified atom stereocenters. The van der Waals surface area contributed by atoms with Crippen LogP contribution in [0.2, 0.25) is 0 Å². The van der Waals surface area contributed by atoms with E-state index in [1.165, 1.54) is 9.80 Å². The SMILES string of the molecule is CN1CCC(=O)N(c2ccc(N)cc2)C1=O. The van der Waals surface area contributed by atoms with Crippen molar-refractivity contribution in [1.29, 1.82) is 0 Å². The first kappa shape index (κ1) is 10.5. The zero-order chi connectivity index (χ0) is 11.7. The van der Waals surface area contributed by atoms with Gasteiger partial charge >= 0.3 is 6.03 Å². The van der Waals surface area contributed by atoms with E-state index >= 15 is 0 Å². The van der Waals surface area contributed by atoms with Crippen LogP contribution in [0.3, 0.4) is 0 Å². The van der Waals surface area contributed by atoms with Crippen LogP contribution >= 0.6 is 0 Å². The lowest BCUT2D eigenvalue weighted by molar-refractivity contribution is -0.119. The maximum atomic E-state index is 11.8. The van der Waals surface area contributed by atoms with Crippen LogP contribution in [0, 0.1) is 0 Å². The summed E-state index contributed by atoms with van der Waals surface area (Å²) in [5.41, 5.74) is 6.73. The van der Waals surface area contributed by atoms with Crippen molar-refractivity contribution in [3.8, 4) is 0 Å². The lowest BCUT2D eigenvalue weighted by atomic mass is 10.2. The lowest BCUT2D eigenvalue weighted by Crippen LogP contribution is -2.50. The molecule has 5 heteroatoms. The molecule has 2 rings (SSSR count). The summed E-state index contributed by atoms with van der Waals surface area (Å²) in [7, 11) is 1.68. The zero-order valence-electron chi connectivity index (χ0n) is 9.01. The number of imide groups is 1. The zero-order valence-corrected chi connectivity index (χ0v) is 9.01. The van der Waals surface area contributed by atoms with Crippen molar-refractivity contribution >= 4 is 23.3 Å². The third-order valence-electron chi connectivity index (χ3n) is 2.58. The molecule has 1 aliphatic rings. The highest BCUT2D eigenvalue weighted by Crippen LogP contribution is 2.21. The van der Waals surface area contributed by atoms with Crippen molar-refractivity contribution in [2.24, 2.45) is 0 Å². The number of nitrogens with two attached hydrogens (primary N) is 1. The minimum absolute atomic E-state index is 0.173. The van der Waals surface area contributed by atoms with Crippen LogP contribution in [0.25, 0.3) is 0 Å². The van der Waals surface area contributed by atoms with Gasteiger partial charge in [-0.1, -0.05) is 0 Å². The first-order valence-electron chi connectivity index (χ1n) is 5.03. The van der Waals surface area contributed by atoms with Gasteiger partial charge in [0.15, 0.2) is 0 Å². The van der Waals surface area contributed by atoms with Crippen LogP contribution in [0.5, 0.6) is 0 Å². The van der Waals surface area contributed by atoms with Crippen molar-refractivity contribution in [3.63, 3.8) is 0 Å². The van der Waals surface area contributed by atoms with Crippen molar-refractivity contribution in [1.82, 2.24) is 4.90 Å². The molecule has 84 valence electrons. The normalized spacial score (nSPS) is 16.8. The van der Waals surface area contributed by atoms with Gasteiger partial charge in [-0.25, -0.2) is 9.69 Å². The molecule has 5 nitrogen and oxygen atoms in total. The van der Waals surface area contributed by atoms with Crippen LogP contribution in [-0.4, -0.2) is 30.4 Å². The smallest absolute Gasteiger partial charge is 0.331 e. The van der Waals surface area contributed by atoms with Crippen LogP contribution in [-0.2, 0) is 4.79 Å². The maximum absolute atomic E-state index is 11.8. The molecule has 16 heavy (non-hydrogen) atoms. The summed E-state index contributed by atoms with van der Waals surface area (Å²) in [5, 5.41) is 0. The van der Waals surface area contributed by atoms with E-state index in [2.05, 4.69) is 0 Å². The van der Waals surface area contributed by atoms with Crippen LogP contribution in [0.15, 0.2) is 24.3 Å². The minimum Gasteiger partial charge on any atom is -0.399 e. The Bertz CT molecular complexity index is 427. The molecule has 3 amide bonds. The van der Waals surface area contributed by atoms with Gasteiger partial charge in [0.1, 0.15) is 0 Å². The Hall–Kier alpha value is -2.04. The molecule has 1 aromatic carbocycles. The van der Waals surface area contributed by atoms with Gasteiger partial charge in [0.2, 0.25) is 5.91 Å². The summed E-state index contributed by atoms with van der Waals surface area (Å²) in [6.07, 6.45) is 0.354. The molecular formula is C11H13N3O2. The van der Waals surface area contributed by atoms with Gasteiger partial charge in [0.05, 0.1) is 5.69 Å². The number of carbonyl (C=O) groups excluding carboxylic acids is 2. The first-order chi connectivity index (χ1) is 7.59. The van der Waals surface area contributed by atoms with E-state index in [1.54, 1.807) is 31.3 Å². The summed E-state index contributed by atoms with van der Waals surface area (Å²) in [6, 6.07) is 6.39. The fourth-order valence-corrected chi connectivity index (χ4v) is 1.63. The molecule has 1 fully saturated rings. The number of amides is 3. The largest absolute Gasteiger partial charge is 0.399 e. The van der Waals surface area contributed by atoms with E-state index in [0.717, 1.165) is 0 Å². The number of rotatable bonds is 1. The number of hydrogen-bond acceptors (Lipinski definition) is 3. The van der Waals surface area contributed by atoms with Crippen LogP contribution < -0.4 is 10.6 Å². The molecule has 0 radical (unpaired) electrons. The summed E-state index contributed by atoms with van der Waals surface area (Å²) in [6.45, 7) is 0.475. The minimum atomic E-state index is -0.291. The number of carbonyl (C=O) groups is 2. The van der Waals surface area contributed by atoms with Gasteiger partial charge in [0, 0.05) is 25.7 Å². The van der Waals surface area contributed by atoms with Gasteiger partial charge < -0.3 is 10.6 Å². The Kier molecular flexibility index (Phi) is 2.52. The molecule has 2 N–H and O–H groups in total. The van der Waals surface area contributed by atoms with Crippen LogP contribution in [0.1, 0.15) is 6.42 Å². The highest BCUT2D eigenvalue weighted by Gasteiger charge is 2.30. The molecule has 0 atom stereocenters. The van der Waals surface area contributed by atoms with E-state index in [9.17, 15) is 9.59 Å². The third-order valence-corrected chi connectivity index (χ3v) is 2.58. The number of anilines is 2. The third kappa shape index (κ3) is 1.71. The molecule has 0 saturated carbocycles. The topological polar surface area (TPSA) is 66.6 Å². The van der Waals surface area contributed by atoms with Gasteiger partial charge in [-0.15, -0.1) is 0 Å². The van der Waals surface area contributed by atoms with Gasteiger partial charge in [-0.2, -0.15) is 0 Å². The highest BCUT2D eigenvalue weighted by molar-refractivity contribution is 6.15. The average Bonchev–Trinajstić information content (AvgIpc) is 2.27. The Morgan fingerprint density at radius 2 is 1.81 bits per heavy atom. The second-order valence-electron chi connectivity index (χ2n) is 3.77. The Balaban J connectivity index is 2.34. The molecule has 1 aromatic rings. The number of nitrogen functional groups attached to an aromatic ring is 1.